The van der Waals surface area contributed by atoms with Gasteiger partial charge in [-0.3, -0.25) is 0 Å². The van der Waals surface area contributed by atoms with E-state index in [2.05, 4.69) is 10.2 Å². The van der Waals surface area contributed by atoms with Crippen LogP contribution in [0.5, 0.6) is 5.75 Å². The van der Waals surface area contributed by atoms with Gasteiger partial charge >= 0.3 is 5.69 Å². The smallest absolute Gasteiger partial charge is 0.348 e. The summed E-state index contributed by atoms with van der Waals surface area (Å²) in [5.41, 5.74) is 0.623. The van der Waals surface area contributed by atoms with E-state index >= 15 is 0 Å². The van der Waals surface area contributed by atoms with Crippen LogP contribution in [-0.4, -0.2) is 21.9 Å². The topological polar surface area (TPSA) is 59.9 Å². The molecular weight excluding hydrogens is 285 g/mol. The molecule has 3 aromatic rings. The summed E-state index contributed by atoms with van der Waals surface area (Å²) in [6.45, 7) is 0. The Labute approximate surface area is 126 Å². The van der Waals surface area contributed by atoms with Crippen molar-refractivity contribution in [2.75, 3.05) is 7.11 Å². The van der Waals surface area contributed by atoms with Crippen LogP contribution >= 0.6 is 0 Å². The molecule has 0 bridgehead atoms. The number of nitrogens with zero attached hydrogens (tertiary/aromatic N) is 2. The van der Waals surface area contributed by atoms with Crippen molar-refractivity contribution in [2.45, 2.75) is 6.42 Å². The molecule has 0 saturated carbocycles. The lowest BCUT2D eigenvalue weighted by Crippen LogP contribution is -2.18. The second kappa shape index (κ2) is 5.85. The normalized spacial score (nSPS) is 10.6. The average Bonchev–Trinajstić information content (AvgIpc) is 2.89. The third-order valence-electron chi connectivity index (χ3n) is 3.33. The predicted molar refractivity (Wildman–Crippen MR) is 79.9 cm³/mol. The zero-order chi connectivity index (χ0) is 15.5. The molecule has 112 valence electrons. The second-order valence-corrected chi connectivity index (χ2v) is 4.76. The molecule has 0 spiro atoms. The van der Waals surface area contributed by atoms with Crippen LogP contribution in [0.1, 0.15) is 11.4 Å². The number of aromatic amines is 1. The highest BCUT2D eigenvalue weighted by atomic mass is 19.1. The number of para-hydroxylation sites is 1. The predicted octanol–water partition coefficient (Wildman–Crippen LogP) is 2.30. The monoisotopic (exact) mass is 299 g/mol. The van der Waals surface area contributed by atoms with E-state index in [4.69, 9.17) is 4.74 Å². The van der Waals surface area contributed by atoms with Gasteiger partial charge in [0, 0.05) is 6.42 Å². The van der Waals surface area contributed by atoms with E-state index in [1.165, 1.54) is 10.6 Å². The molecule has 0 aliphatic rings. The number of hydrogen-bond acceptors (Lipinski definition) is 3. The highest BCUT2D eigenvalue weighted by Crippen LogP contribution is 2.17. The van der Waals surface area contributed by atoms with Crippen molar-refractivity contribution >= 4 is 0 Å². The fraction of sp³-hybridized carbons (Fsp3) is 0.125. The van der Waals surface area contributed by atoms with Gasteiger partial charge in [0.05, 0.1) is 12.8 Å². The van der Waals surface area contributed by atoms with E-state index in [-0.39, 0.29) is 5.69 Å². The number of nitrogens with one attached hydrogen (secondary N) is 1. The van der Waals surface area contributed by atoms with Crippen molar-refractivity contribution in [2.24, 2.45) is 0 Å². The molecule has 22 heavy (non-hydrogen) atoms. The summed E-state index contributed by atoms with van der Waals surface area (Å²) < 4.78 is 20.4. The first-order valence-electron chi connectivity index (χ1n) is 6.73. The summed E-state index contributed by atoms with van der Waals surface area (Å²) in [6, 6.07) is 13.5. The number of aromatic nitrogens is 3. The number of ether oxygens (including phenoxy) is 1. The lowest BCUT2D eigenvalue weighted by Gasteiger charge is -2.07. The Bertz CT molecular complexity index is 854. The first-order chi connectivity index (χ1) is 10.7. The van der Waals surface area contributed by atoms with Crippen molar-refractivity contribution in [1.82, 2.24) is 14.8 Å². The summed E-state index contributed by atoms with van der Waals surface area (Å²) >= 11 is 0. The van der Waals surface area contributed by atoms with Crippen molar-refractivity contribution in [1.29, 1.82) is 0 Å². The van der Waals surface area contributed by atoms with Gasteiger partial charge in [-0.15, -0.1) is 0 Å². The SMILES string of the molecule is COc1cccc(Cc2n[nH]c(=O)n2-c2ccccc2F)c1. The Morgan fingerprint density at radius 1 is 1.23 bits per heavy atom. The maximum Gasteiger partial charge on any atom is 0.348 e. The van der Waals surface area contributed by atoms with Crippen molar-refractivity contribution in [3.8, 4) is 11.4 Å². The molecule has 0 aliphatic carbocycles. The minimum Gasteiger partial charge on any atom is -0.497 e. The number of rotatable bonds is 4. The highest BCUT2D eigenvalue weighted by molar-refractivity contribution is 5.36. The molecule has 0 amide bonds. The van der Waals surface area contributed by atoms with Crippen LogP contribution in [0.15, 0.2) is 53.3 Å². The molecule has 0 saturated heterocycles. The summed E-state index contributed by atoms with van der Waals surface area (Å²) in [7, 11) is 1.59. The zero-order valence-corrected chi connectivity index (χ0v) is 11.9. The molecule has 2 aromatic carbocycles. The molecule has 0 atom stereocenters. The third kappa shape index (κ3) is 2.63. The number of benzene rings is 2. The molecule has 5 nitrogen and oxygen atoms in total. The van der Waals surface area contributed by atoms with Crippen molar-refractivity contribution < 1.29 is 9.13 Å². The van der Waals surface area contributed by atoms with Gasteiger partial charge in [-0.05, 0) is 29.8 Å². The molecule has 0 unspecified atom stereocenters. The van der Waals surface area contributed by atoms with Gasteiger partial charge in [-0.25, -0.2) is 18.9 Å². The summed E-state index contributed by atoms with van der Waals surface area (Å²) in [6.07, 6.45) is 0.379. The number of methoxy groups -OCH3 is 1. The van der Waals surface area contributed by atoms with Gasteiger partial charge in [-0.2, -0.15) is 5.10 Å². The van der Waals surface area contributed by atoms with Crippen LogP contribution in [-0.2, 0) is 6.42 Å². The van der Waals surface area contributed by atoms with Crippen LogP contribution < -0.4 is 10.4 Å². The molecule has 0 aliphatic heterocycles. The number of H-pyrrole nitrogens is 1. The van der Waals surface area contributed by atoms with E-state index in [1.807, 2.05) is 24.3 Å². The van der Waals surface area contributed by atoms with E-state index in [9.17, 15) is 9.18 Å². The Balaban J connectivity index is 2.03. The molecule has 0 fully saturated rings. The first-order valence-corrected chi connectivity index (χ1v) is 6.73. The van der Waals surface area contributed by atoms with Crippen LogP contribution in [0, 0.1) is 5.82 Å². The lowest BCUT2D eigenvalue weighted by molar-refractivity contribution is 0.414. The van der Waals surface area contributed by atoms with Gasteiger partial charge in [0.25, 0.3) is 0 Å². The van der Waals surface area contributed by atoms with Crippen molar-refractivity contribution in [3.63, 3.8) is 0 Å². The third-order valence-corrected chi connectivity index (χ3v) is 3.33. The van der Waals surface area contributed by atoms with E-state index in [1.54, 1.807) is 25.3 Å². The quantitative estimate of drug-likeness (QED) is 0.804. The highest BCUT2D eigenvalue weighted by Gasteiger charge is 2.14. The minimum atomic E-state index is -0.474. The minimum absolute atomic E-state index is 0.180. The van der Waals surface area contributed by atoms with Crippen LogP contribution in [0.4, 0.5) is 4.39 Å². The Hall–Kier alpha value is -2.89. The van der Waals surface area contributed by atoms with E-state index in [0.29, 0.717) is 18.0 Å². The molecule has 1 heterocycles. The van der Waals surface area contributed by atoms with Crippen LogP contribution in [0.25, 0.3) is 5.69 Å². The fourth-order valence-corrected chi connectivity index (χ4v) is 2.29. The Kier molecular flexibility index (Phi) is 3.74. The maximum atomic E-state index is 13.9. The van der Waals surface area contributed by atoms with Gasteiger partial charge in [0.15, 0.2) is 0 Å². The van der Waals surface area contributed by atoms with Crippen LogP contribution in [0.3, 0.4) is 0 Å². The molecule has 1 aromatic heterocycles. The van der Waals surface area contributed by atoms with Gasteiger partial charge in [-0.1, -0.05) is 24.3 Å². The standard InChI is InChI=1S/C16H14FN3O2/c1-22-12-6-4-5-11(9-12)10-15-18-19-16(21)20(15)14-8-3-2-7-13(14)17/h2-9H,10H2,1H3,(H,19,21). The summed E-state index contributed by atoms with van der Waals surface area (Å²) in [5, 5.41) is 6.37. The van der Waals surface area contributed by atoms with Gasteiger partial charge in [0.2, 0.25) is 0 Å². The lowest BCUT2D eigenvalue weighted by atomic mass is 10.1. The first kappa shape index (κ1) is 14.1. The summed E-state index contributed by atoms with van der Waals surface area (Å²) in [5.74, 6) is 0.675. The summed E-state index contributed by atoms with van der Waals surface area (Å²) in [4.78, 5) is 12.0. The van der Waals surface area contributed by atoms with Crippen LogP contribution in [0.2, 0.25) is 0 Å². The Morgan fingerprint density at radius 3 is 2.82 bits per heavy atom. The van der Waals surface area contributed by atoms with Gasteiger partial charge < -0.3 is 4.74 Å². The maximum absolute atomic E-state index is 13.9. The molecule has 6 heteroatoms. The largest absolute Gasteiger partial charge is 0.497 e. The van der Waals surface area contributed by atoms with E-state index in [0.717, 1.165) is 5.56 Å². The fourth-order valence-electron chi connectivity index (χ4n) is 2.29. The average molecular weight is 299 g/mol. The molecule has 1 N–H and O–H groups in total. The molecular formula is C16H14FN3O2. The van der Waals surface area contributed by atoms with Crippen molar-refractivity contribution in [3.05, 3.63) is 76.2 Å². The number of halogens is 1. The Morgan fingerprint density at radius 2 is 2.05 bits per heavy atom. The molecule has 3 rings (SSSR count). The zero-order valence-electron chi connectivity index (χ0n) is 11.9. The molecule has 0 radical (unpaired) electrons. The second-order valence-electron chi connectivity index (χ2n) is 4.76. The number of hydrogen-bond donors (Lipinski definition) is 1. The van der Waals surface area contributed by atoms with E-state index < -0.39 is 11.5 Å². The van der Waals surface area contributed by atoms with Gasteiger partial charge in [0.1, 0.15) is 17.4 Å².